The van der Waals surface area contributed by atoms with E-state index in [0.29, 0.717) is 27.7 Å². The van der Waals surface area contributed by atoms with Gasteiger partial charge in [0.15, 0.2) is 5.82 Å². The maximum Gasteiger partial charge on any atom is 0.269 e. The van der Waals surface area contributed by atoms with Gasteiger partial charge in [-0.05, 0) is 40.1 Å². The maximum absolute atomic E-state index is 12.3. The summed E-state index contributed by atoms with van der Waals surface area (Å²) in [5.41, 5.74) is 1.23. The highest BCUT2D eigenvalue weighted by molar-refractivity contribution is 6.34. The molecule has 3 N–H and O–H groups in total. The Morgan fingerprint density at radius 1 is 1.28 bits per heavy atom. The predicted molar refractivity (Wildman–Crippen MR) is 98.2 cm³/mol. The van der Waals surface area contributed by atoms with Gasteiger partial charge in [-0.1, -0.05) is 23.7 Å². The Balaban J connectivity index is 2.09. The summed E-state index contributed by atoms with van der Waals surface area (Å²) < 4.78 is 0. The number of nitrogens with zero attached hydrogens (tertiary/aromatic N) is 2. The van der Waals surface area contributed by atoms with E-state index in [1.165, 1.54) is 0 Å². The van der Waals surface area contributed by atoms with Gasteiger partial charge in [-0.2, -0.15) is 5.10 Å². The third kappa shape index (κ3) is 4.80. The number of benzene rings is 1. The van der Waals surface area contributed by atoms with Gasteiger partial charge in [-0.3, -0.25) is 14.7 Å². The summed E-state index contributed by atoms with van der Waals surface area (Å²) in [6.45, 7) is 4.36. The number of halogens is 1. The molecule has 0 saturated heterocycles. The van der Waals surface area contributed by atoms with E-state index < -0.39 is 0 Å². The van der Waals surface area contributed by atoms with Crippen LogP contribution < -0.4 is 10.6 Å². The van der Waals surface area contributed by atoms with Crippen molar-refractivity contribution in [2.75, 3.05) is 26.0 Å². The van der Waals surface area contributed by atoms with E-state index in [1.807, 2.05) is 25.9 Å². The number of rotatable bonds is 6. The van der Waals surface area contributed by atoms with E-state index in [9.17, 15) is 9.59 Å². The second-order valence-electron chi connectivity index (χ2n) is 6.14. The van der Waals surface area contributed by atoms with Gasteiger partial charge in [0.2, 0.25) is 0 Å². The number of aromatic amines is 1. The zero-order valence-electron chi connectivity index (χ0n) is 14.7. The lowest BCUT2D eigenvalue weighted by Crippen LogP contribution is -2.39. The number of nitrogens with one attached hydrogen (secondary N) is 3. The Kier molecular flexibility index (Phi) is 6.17. The van der Waals surface area contributed by atoms with E-state index in [1.54, 1.807) is 31.2 Å². The van der Waals surface area contributed by atoms with E-state index in [4.69, 9.17) is 11.6 Å². The van der Waals surface area contributed by atoms with Crippen molar-refractivity contribution >= 4 is 29.2 Å². The standard InChI is InChI=1S/C17H22ClN5O2/c1-10(9-23(3)4)19-17(25)14-11(2)15(22-21-14)20-16(24)12-7-5-6-8-13(12)18/h5-8,10H,9H2,1-4H3,(H,19,25)(H2,20,21,22,24). The first kappa shape index (κ1) is 19.0. The zero-order valence-corrected chi connectivity index (χ0v) is 15.4. The van der Waals surface area contributed by atoms with Crippen LogP contribution in [0.15, 0.2) is 24.3 Å². The molecule has 0 aliphatic rings. The number of anilines is 1. The smallest absolute Gasteiger partial charge is 0.269 e. The topological polar surface area (TPSA) is 90.1 Å². The summed E-state index contributed by atoms with van der Waals surface area (Å²) in [5.74, 6) is -0.346. The Hall–Kier alpha value is -2.38. The van der Waals surface area contributed by atoms with Crippen molar-refractivity contribution in [1.82, 2.24) is 20.4 Å². The third-order valence-corrected chi connectivity index (χ3v) is 3.93. The molecule has 0 aliphatic carbocycles. The van der Waals surface area contributed by atoms with E-state index in [-0.39, 0.29) is 17.9 Å². The van der Waals surface area contributed by atoms with Crippen LogP contribution in [0.3, 0.4) is 0 Å². The molecule has 1 aromatic heterocycles. The number of carbonyl (C=O) groups excluding carboxylic acids is 2. The summed E-state index contributed by atoms with van der Waals surface area (Å²) >= 11 is 6.02. The van der Waals surface area contributed by atoms with Gasteiger partial charge in [0, 0.05) is 18.2 Å². The minimum Gasteiger partial charge on any atom is -0.347 e. The number of H-pyrrole nitrogens is 1. The molecule has 8 heteroatoms. The van der Waals surface area contributed by atoms with Gasteiger partial charge in [0.05, 0.1) is 10.6 Å². The highest BCUT2D eigenvalue weighted by Gasteiger charge is 2.20. The fourth-order valence-electron chi connectivity index (χ4n) is 2.45. The SMILES string of the molecule is Cc1c(NC(=O)c2ccccc2Cl)n[nH]c1C(=O)NC(C)CN(C)C. The highest BCUT2D eigenvalue weighted by atomic mass is 35.5. The monoisotopic (exact) mass is 363 g/mol. The van der Waals surface area contributed by atoms with E-state index in [0.717, 1.165) is 6.54 Å². The van der Waals surface area contributed by atoms with Crippen LogP contribution >= 0.6 is 11.6 Å². The maximum atomic E-state index is 12.3. The molecule has 2 rings (SSSR count). The molecule has 1 aromatic carbocycles. The van der Waals surface area contributed by atoms with Gasteiger partial charge < -0.3 is 15.5 Å². The Labute approximate surface area is 151 Å². The van der Waals surface area contributed by atoms with Crippen molar-refractivity contribution in [3.05, 3.63) is 46.1 Å². The molecule has 0 radical (unpaired) electrons. The average Bonchev–Trinajstić information content (AvgIpc) is 2.87. The number of amides is 2. The minimum atomic E-state index is -0.381. The minimum absolute atomic E-state index is 0.0219. The molecule has 1 heterocycles. The Morgan fingerprint density at radius 2 is 1.96 bits per heavy atom. The first-order chi connectivity index (χ1) is 11.8. The number of hydrogen-bond acceptors (Lipinski definition) is 4. The van der Waals surface area contributed by atoms with Crippen LogP contribution in [0.1, 0.15) is 33.3 Å². The second kappa shape index (κ2) is 8.13. The molecule has 0 bridgehead atoms. The molecular weight excluding hydrogens is 342 g/mol. The van der Waals surface area contributed by atoms with Crippen molar-refractivity contribution in [1.29, 1.82) is 0 Å². The summed E-state index contributed by atoms with van der Waals surface area (Å²) in [6, 6.07) is 6.71. The molecule has 2 amide bonds. The van der Waals surface area contributed by atoms with Crippen LogP contribution in [-0.4, -0.2) is 53.6 Å². The molecule has 7 nitrogen and oxygen atoms in total. The lowest BCUT2D eigenvalue weighted by molar-refractivity contribution is 0.0927. The lowest BCUT2D eigenvalue weighted by atomic mass is 10.2. The number of carbonyl (C=O) groups is 2. The van der Waals surface area contributed by atoms with Crippen LogP contribution in [0.5, 0.6) is 0 Å². The summed E-state index contributed by atoms with van der Waals surface area (Å²) in [4.78, 5) is 26.6. The Morgan fingerprint density at radius 3 is 2.60 bits per heavy atom. The molecule has 1 atom stereocenters. The van der Waals surface area contributed by atoms with Gasteiger partial charge in [-0.25, -0.2) is 0 Å². The molecule has 2 aromatic rings. The van der Waals surface area contributed by atoms with Crippen LogP contribution in [0.25, 0.3) is 0 Å². The zero-order chi connectivity index (χ0) is 18.6. The third-order valence-electron chi connectivity index (χ3n) is 3.60. The molecule has 0 fully saturated rings. The first-order valence-corrected chi connectivity index (χ1v) is 8.23. The van der Waals surface area contributed by atoms with Gasteiger partial charge in [0.1, 0.15) is 5.69 Å². The normalized spacial score (nSPS) is 12.1. The van der Waals surface area contributed by atoms with Crippen LogP contribution in [0, 0.1) is 6.92 Å². The molecule has 0 aliphatic heterocycles. The van der Waals surface area contributed by atoms with Crippen LogP contribution in [0.4, 0.5) is 5.82 Å². The Bertz CT molecular complexity index is 772. The largest absolute Gasteiger partial charge is 0.347 e. The van der Waals surface area contributed by atoms with E-state index >= 15 is 0 Å². The van der Waals surface area contributed by atoms with Crippen LogP contribution in [-0.2, 0) is 0 Å². The summed E-state index contributed by atoms with van der Waals surface area (Å²) in [7, 11) is 3.87. The molecular formula is C17H22ClN5O2. The number of aromatic nitrogens is 2. The highest BCUT2D eigenvalue weighted by Crippen LogP contribution is 2.19. The summed E-state index contributed by atoms with van der Waals surface area (Å²) in [6.07, 6.45) is 0. The molecule has 134 valence electrons. The van der Waals surface area contributed by atoms with Gasteiger partial charge >= 0.3 is 0 Å². The van der Waals surface area contributed by atoms with Crippen molar-refractivity contribution in [2.24, 2.45) is 0 Å². The van der Waals surface area contributed by atoms with Gasteiger partial charge in [0.25, 0.3) is 11.8 Å². The molecule has 0 spiro atoms. The van der Waals surface area contributed by atoms with E-state index in [2.05, 4.69) is 20.8 Å². The molecule has 1 unspecified atom stereocenters. The predicted octanol–water partition coefficient (Wildman–Crippen LogP) is 2.30. The van der Waals surface area contributed by atoms with Crippen molar-refractivity contribution in [3.8, 4) is 0 Å². The lowest BCUT2D eigenvalue weighted by Gasteiger charge is -2.17. The first-order valence-electron chi connectivity index (χ1n) is 7.86. The quantitative estimate of drug-likeness (QED) is 0.734. The average molecular weight is 364 g/mol. The van der Waals surface area contributed by atoms with Crippen molar-refractivity contribution in [2.45, 2.75) is 19.9 Å². The fourth-order valence-corrected chi connectivity index (χ4v) is 2.67. The van der Waals surface area contributed by atoms with Crippen molar-refractivity contribution < 1.29 is 9.59 Å². The number of likely N-dealkylation sites (N-methyl/N-ethyl adjacent to an activating group) is 1. The fraction of sp³-hybridized carbons (Fsp3) is 0.353. The summed E-state index contributed by atoms with van der Waals surface area (Å²) in [5, 5.41) is 12.6. The second-order valence-corrected chi connectivity index (χ2v) is 6.55. The molecule has 0 saturated carbocycles. The van der Waals surface area contributed by atoms with Crippen LogP contribution in [0.2, 0.25) is 5.02 Å². The number of hydrogen-bond donors (Lipinski definition) is 3. The van der Waals surface area contributed by atoms with Crippen molar-refractivity contribution in [3.63, 3.8) is 0 Å². The molecule has 25 heavy (non-hydrogen) atoms. The van der Waals surface area contributed by atoms with Gasteiger partial charge in [-0.15, -0.1) is 0 Å².